The van der Waals surface area contributed by atoms with E-state index in [2.05, 4.69) is 5.32 Å². The Morgan fingerprint density at radius 1 is 1.26 bits per heavy atom. The number of hydrogen-bond donors (Lipinski definition) is 1. The second kappa shape index (κ2) is 6.49. The molecule has 0 bridgehead atoms. The van der Waals surface area contributed by atoms with Crippen molar-refractivity contribution in [2.75, 3.05) is 5.32 Å². The van der Waals surface area contributed by atoms with Crippen LogP contribution in [0.5, 0.6) is 0 Å². The molecule has 5 heteroatoms. The minimum absolute atomic E-state index is 0.121. The van der Waals surface area contributed by atoms with Crippen molar-refractivity contribution in [2.24, 2.45) is 5.41 Å². The molecule has 1 heterocycles. The quantitative estimate of drug-likeness (QED) is 0.943. The number of nitriles is 1. The van der Waals surface area contributed by atoms with E-state index < -0.39 is 5.41 Å². The van der Waals surface area contributed by atoms with Gasteiger partial charge in [0.25, 0.3) is 5.56 Å². The highest BCUT2D eigenvalue weighted by atomic mass is 16.2. The van der Waals surface area contributed by atoms with Gasteiger partial charge in [-0.1, -0.05) is 0 Å². The Hall–Kier alpha value is -2.87. The predicted molar refractivity (Wildman–Crippen MR) is 89.0 cm³/mol. The van der Waals surface area contributed by atoms with Crippen molar-refractivity contribution in [3.8, 4) is 6.07 Å². The maximum Gasteiger partial charge on any atom is 0.250 e. The zero-order valence-electron chi connectivity index (χ0n) is 13.5. The zero-order chi connectivity index (χ0) is 17.0. The first-order valence-electron chi connectivity index (χ1n) is 7.30. The highest BCUT2D eigenvalue weighted by Gasteiger charge is 2.28. The van der Waals surface area contributed by atoms with E-state index in [4.69, 9.17) is 5.26 Å². The Kier molecular flexibility index (Phi) is 4.65. The Balaban J connectivity index is 2.13. The van der Waals surface area contributed by atoms with Gasteiger partial charge in [0.2, 0.25) is 5.91 Å². The van der Waals surface area contributed by atoms with Gasteiger partial charge in [0.15, 0.2) is 0 Å². The van der Waals surface area contributed by atoms with Crippen molar-refractivity contribution in [1.82, 2.24) is 4.57 Å². The van der Waals surface area contributed by atoms with Gasteiger partial charge in [0.1, 0.15) is 0 Å². The molecular weight excluding hydrogens is 290 g/mol. The largest absolute Gasteiger partial charge is 0.326 e. The van der Waals surface area contributed by atoms with Gasteiger partial charge in [0, 0.05) is 24.5 Å². The van der Waals surface area contributed by atoms with Crippen LogP contribution in [-0.4, -0.2) is 10.5 Å². The molecule has 0 saturated heterocycles. The Bertz CT molecular complexity index is 811. The molecule has 0 aliphatic rings. The number of aryl methyl sites for hydroxylation is 1. The molecule has 1 aromatic heterocycles. The van der Waals surface area contributed by atoms with Gasteiger partial charge in [-0.05, 0) is 56.7 Å². The van der Waals surface area contributed by atoms with Gasteiger partial charge in [0.05, 0.1) is 17.0 Å². The number of nitrogens with zero attached hydrogens (tertiary/aromatic N) is 2. The van der Waals surface area contributed by atoms with Gasteiger partial charge in [-0.3, -0.25) is 9.59 Å². The number of amides is 1. The van der Waals surface area contributed by atoms with Crippen LogP contribution < -0.4 is 10.9 Å². The fraction of sp³-hybridized carbons (Fsp3) is 0.278. The number of hydrogen-bond acceptors (Lipinski definition) is 3. The topological polar surface area (TPSA) is 74.9 Å². The molecule has 0 unspecified atom stereocenters. The lowest BCUT2D eigenvalue weighted by molar-refractivity contribution is -0.124. The average molecular weight is 309 g/mol. The summed E-state index contributed by atoms with van der Waals surface area (Å²) in [5, 5.41) is 11.6. The fourth-order valence-corrected chi connectivity index (χ4v) is 2.16. The summed E-state index contributed by atoms with van der Waals surface area (Å²) in [5.74, 6) is -0.185. The van der Waals surface area contributed by atoms with E-state index in [-0.39, 0.29) is 18.0 Å². The summed E-state index contributed by atoms with van der Waals surface area (Å²) in [6, 6.07) is 12.1. The lowest BCUT2D eigenvalue weighted by Gasteiger charge is -2.24. The summed E-state index contributed by atoms with van der Waals surface area (Å²) in [5.41, 5.74) is 1.18. The molecule has 0 spiro atoms. The number of pyridine rings is 1. The first-order chi connectivity index (χ1) is 10.8. The molecule has 118 valence electrons. The molecule has 0 fully saturated rings. The summed E-state index contributed by atoms with van der Waals surface area (Å²) < 4.78 is 1.53. The Morgan fingerprint density at radius 3 is 2.48 bits per heavy atom. The normalized spacial score (nSPS) is 10.9. The minimum Gasteiger partial charge on any atom is -0.326 e. The van der Waals surface area contributed by atoms with Gasteiger partial charge in [-0.15, -0.1) is 0 Å². The highest BCUT2D eigenvalue weighted by Crippen LogP contribution is 2.21. The maximum atomic E-state index is 12.5. The Labute approximate surface area is 135 Å². The summed E-state index contributed by atoms with van der Waals surface area (Å²) in [4.78, 5) is 24.4. The fourth-order valence-electron chi connectivity index (χ4n) is 2.16. The molecule has 2 aromatic rings. The molecule has 2 rings (SSSR count). The number of anilines is 1. The molecule has 0 atom stereocenters. The SMILES string of the molecule is Cc1ccn(CC(C)(C)C(=O)Nc2ccc(C#N)cc2)c(=O)c1. The molecule has 0 aliphatic carbocycles. The monoisotopic (exact) mass is 309 g/mol. The molecule has 1 N–H and O–H groups in total. The van der Waals surface area contributed by atoms with Crippen LogP contribution in [0.25, 0.3) is 0 Å². The van der Waals surface area contributed by atoms with Crippen molar-refractivity contribution in [3.05, 3.63) is 64.1 Å². The maximum absolute atomic E-state index is 12.5. The second-order valence-corrected chi connectivity index (χ2v) is 6.20. The van der Waals surface area contributed by atoms with Crippen LogP contribution in [0.1, 0.15) is 25.0 Å². The molecule has 0 saturated carbocycles. The van der Waals surface area contributed by atoms with Gasteiger partial charge < -0.3 is 9.88 Å². The van der Waals surface area contributed by atoms with Gasteiger partial charge >= 0.3 is 0 Å². The van der Waals surface area contributed by atoms with E-state index in [1.807, 2.05) is 19.1 Å². The molecule has 23 heavy (non-hydrogen) atoms. The van der Waals surface area contributed by atoms with E-state index in [0.717, 1.165) is 5.56 Å². The first-order valence-corrected chi connectivity index (χ1v) is 7.30. The Morgan fingerprint density at radius 2 is 1.91 bits per heavy atom. The van der Waals surface area contributed by atoms with Crippen LogP contribution >= 0.6 is 0 Å². The molecule has 1 amide bonds. The van der Waals surface area contributed by atoms with Crippen LogP contribution in [0.15, 0.2) is 47.4 Å². The highest BCUT2D eigenvalue weighted by molar-refractivity contribution is 5.94. The number of nitrogens with one attached hydrogen (secondary N) is 1. The van der Waals surface area contributed by atoms with Crippen LogP contribution in [0, 0.1) is 23.7 Å². The summed E-state index contributed by atoms with van der Waals surface area (Å²) in [6.45, 7) is 5.72. The van der Waals surface area contributed by atoms with Crippen molar-refractivity contribution in [3.63, 3.8) is 0 Å². The summed E-state index contributed by atoms with van der Waals surface area (Å²) in [6.07, 6.45) is 1.70. The standard InChI is InChI=1S/C18H19N3O2/c1-13-8-9-21(16(22)10-13)12-18(2,3)17(23)20-15-6-4-14(11-19)5-7-15/h4-10H,12H2,1-3H3,(H,20,23). The van der Waals surface area contributed by atoms with Crippen molar-refractivity contribution < 1.29 is 4.79 Å². The molecular formula is C18H19N3O2. The number of rotatable bonds is 4. The lowest BCUT2D eigenvalue weighted by Crippen LogP contribution is -2.37. The number of carbonyl (C=O) groups excluding carboxylic acids is 1. The zero-order valence-corrected chi connectivity index (χ0v) is 13.5. The summed E-state index contributed by atoms with van der Waals surface area (Å²) >= 11 is 0. The first kappa shape index (κ1) is 16.5. The van der Waals surface area contributed by atoms with Crippen LogP contribution in [0.2, 0.25) is 0 Å². The van der Waals surface area contributed by atoms with E-state index in [9.17, 15) is 9.59 Å². The van der Waals surface area contributed by atoms with Crippen molar-refractivity contribution in [2.45, 2.75) is 27.3 Å². The third-order valence-electron chi connectivity index (χ3n) is 3.60. The van der Waals surface area contributed by atoms with Crippen molar-refractivity contribution >= 4 is 11.6 Å². The van der Waals surface area contributed by atoms with E-state index in [0.29, 0.717) is 11.3 Å². The number of aromatic nitrogens is 1. The van der Waals surface area contributed by atoms with E-state index in [1.54, 1.807) is 50.4 Å². The molecule has 1 aromatic carbocycles. The predicted octanol–water partition coefficient (Wildman–Crippen LogP) is 2.69. The lowest BCUT2D eigenvalue weighted by atomic mass is 9.92. The van der Waals surface area contributed by atoms with Crippen LogP contribution in [-0.2, 0) is 11.3 Å². The number of benzene rings is 1. The van der Waals surface area contributed by atoms with Gasteiger partial charge in [-0.2, -0.15) is 5.26 Å². The van der Waals surface area contributed by atoms with E-state index in [1.165, 1.54) is 4.57 Å². The average Bonchev–Trinajstić information content (AvgIpc) is 2.51. The molecule has 0 radical (unpaired) electrons. The number of carbonyl (C=O) groups is 1. The van der Waals surface area contributed by atoms with E-state index >= 15 is 0 Å². The molecule has 0 aliphatic heterocycles. The van der Waals surface area contributed by atoms with Gasteiger partial charge in [-0.25, -0.2) is 0 Å². The van der Waals surface area contributed by atoms with Crippen LogP contribution in [0.4, 0.5) is 5.69 Å². The summed E-state index contributed by atoms with van der Waals surface area (Å²) in [7, 11) is 0. The third-order valence-corrected chi connectivity index (χ3v) is 3.60. The van der Waals surface area contributed by atoms with Crippen LogP contribution in [0.3, 0.4) is 0 Å². The minimum atomic E-state index is -0.757. The molecule has 5 nitrogen and oxygen atoms in total. The second-order valence-electron chi connectivity index (χ2n) is 6.20. The third kappa shape index (κ3) is 4.07. The van der Waals surface area contributed by atoms with Crippen molar-refractivity contribution in [1.29, 1.82) is 5.26 Å². The smallest absolute Gasteiger partial charge is 0.250 e.